The Morgan fingerprint density at radius 1 is 0.949 bits per heavy atom. The number of hydrogen-bond donors (Lipinski definition) is 1. The van der Waals surface area contributed by atoms with E-state index in [2.05, 4.69) is 21.2 Å². The van der Waals surface area contributed by atoms with Gasteiger partial charge in [-0.3, -0.25) is 13.9 Å². The maximum absolute atomic E-state index is 13.9. The van der Waals surface area contributed by atoms with Crippen LogP contribution in [0.3, 0.4) is 0 Å². The number of aryl methyl sites for hydroxylation is 1. The van der Waals surface area contributed by atoms with Crippen molar-refractivity contribution in [2.45, 2.75) is 45.2 Å². The van der Waals surface area contributed by atoms with E-state index in [-0.39, 0.29) is 23.3 Å². The Morgan fingerprint density at radius 2 is 1.56 bits per heavy atom. The highest BCUT2D eigenvalue weighted by molar-refractivity contribution is 9.10. The fourth-order valence-corrected chi connectivity index (χ4v) is 5.78. The van der Waals surface area contributed by atoms with Gasteiger partial charge in [0.25, 0.3) is 10.0 Å². The Balaban J connectivity index is 2.02. The number of carbonyl (C=O) groups excluding carboxylic acids is 2. The molecule has 0 aliphatic carbocycles. The van der Waals surface area contributed by atoms with E-state index in [1.165, 1.54) is 29.2 Å². The molecule has 0 aromatic heterocycles. The summed E-state index contributed by atoms with van der Waals surface area (Å²) < 4.78 is 29.7. The number of nitrogens with one attached hydrogen (secondary N) is 1. The van der Waals surface area contributed by atoms with Gasteiger partial charge in [-0.15, -0.1) is 0 Å². The Labute approximate surface area is 244 Å². The second-order valence-corrected chi connectivity index (χ2v) is 12.9. The van der Waals surface area contributed by atoms with Gasteiger partial charge >= 0.3 is 0 Å². The molecule has 3 aromatic carbocycles. The Morgan fingerprint density at radius 3 is 2.15 bits per heavy atom. The zero-order valence-corrected chi connectivity index (χ0v) is 25.6. The fraction of sp³-hybridized carbons (Fsp3) is 0.310. The SMILES string of the molecule is Cc1ccccc1N(CC(=O)N(Cc1ccc(Br)cc1)C(C)C(=O)NCC(C)C)S(=O)(=O)c1ccc(Cl)cc1. The highest BCUT2D eigenvalue weighted by Crippen LogP contribution is 2.28. The largest absolute Gasteiger partial charge is 0.354 e. The van der Waals surface area contributed by atoms with Crippen molar-refractivity contribution in [2.75, 3.05) is 17.4 Å². The predicted molar refractivity (Wildman–Crippen MR) is 159 cm³/mol. The van der Waals surface area contributed by atoms with Gasteiger partial charge in [0.15, 0.2) is 0 Å². The van der Waals surface area contributed by atoms with E-state index in [9.17, 15) is 18.0 Å². The number of para-hydroxylation sites is 1. The molecule has 3 aromatic rings. The minimum atomic E-state index is -4.15. The van der Waals surface area contributed by atoms with Gasteiger partial charge in [0.1, 0.15) is 12.6 Å². The van der Waals surface area contributed by atoms with Gasteiger partial charge in [-0.05, 0) is 73.4 Å². The second-order valence-electron chi connectivity index (χ2n) is 9.72. The molecule has 0 saturated heterocycles. The summed E-state index contributed by atoms with van der Waals surface area (Å²) in [6, 6.07) is 19.4. The minimum absolute atomic E-state index is 0.00476. The van der Waals surface area contributed by atoms with Crippen LogP contribution in [0.15, 0.2) is 82.2 Å². The van der Waals surface area contributed by atoms with Crippen molar-refractivity contribution in [1.82, 2.24) is 10.2 Å². The topological polar surface area (TPSA) is 86.8 Å². The summed E-state index contributed by atoms with van der Waals surface area (Å²) in [4.78, 5) is 28.4. The van der Waals surface area contributed by atoms with Crippen LogP contribution >= 0.6 is 27.5 Å². The van der Waals surface area contributed by atoms with Crippen molar-refractivity contribution in [3.05, 3.63) is 93.4 Å². The average Bonchev–Trinajstić information content (AvgIpc) is 2.90. The third-order valence-corrected chi connectivity index (χ3v) is 8.74. The van der Waals surface area contributed by atoms with Gasteiger partial charge < -0.3 is 10.2 Å². The molecule has 2 amide bonds. The molecule has 0 heterocycles. The first kappa shape index (κ1) is 30.7. The molecule has 0 aliphatic heterocycles. The van der Waals surface area contributed by atoms with E-state index in [0.29, 0.717) is 22.8 Å². The zero-order chi connectivity index (χ0) is 28.7. The Bertz CT molecular complexity index is 1400. The first-order valence-corrected chi connectivity index (χ1v) is 15.2. The molecule has 3 rings (SSSR count). The maximum Gasteiger partial charge on any atom is 0.264 e. The van der Waals surface area contributed by atoms with Crippen LogP contribution in [0.25, 0.3) is 0 Å². The lowest BCUT2D eigenvalue weighted by Gasteiger charge is -2.32. The molecule has 0 spiro atoms. The van der Waals surface area contributed by atoms with Gasteiger partial charge in [0.2, 0.25) is 11.8 Å². The van der Waals surface area contributed by atoms with E-state index >= 15 is 0 Å². The summed E-state index contributed by atoms with van der Waals surface area (Å²) in [6.45, 7) is 7.50. The highest BCUT2D eigenvalue weighted by Gasteiger charge is 2.33. The van der Waals surface area contributed by atoms with E-state index in [0.717, 1.165) is 14.3 Å². The summed E-state index contributed by atoms with van der Waals surface area (Å²) in [5, 5.41) is 3.28. The number of carbonyl (C=O) groups is 2. The van der Waals surface area contributed by atoms with Crippen LogP contribution in [-0.2, 0) is 26.2 Å². The van der Waals surface area contributed by atoms with Crippen molar-refractivity contribution in [3.63, 3.8) is 0 Å². The minimum Gasteiger partial charge on any atom is -0.354 e. The third kappa shape index (κ3) is 8.06. The number of rotatable bonds is 11. The molecule has 0 saturated carbocycles. The average molecular weight is 635 g/mol. The van der Waals surface area contributed by atoms with Crippen LogP contribution in [0.1, 0.15) is 31.9 Å². The lowest BCUT2D eigenvalue weighted by Crippen LogP contribution is -2.51. The van der Waals surface area contributed by atoms with E-state index in [1.807, 2.05) is 38.1 Å². The van der Waals surface area contributed by atoms with Crippen LogP contribution < -0.4 is 9.62 Å². The number of sulfonamides is 1. The normalized spacial score (nSPS) is 12.2. The van der Waals surface area contributed by atoms with E-state index < -0.39 is 28.5 Å². The predicted octanol–water partition coefficient (Wildman–Crippen LogP) is 5.80. The highest BCUT2D eigenvalue weighted by atomic mass is 79.9. The molecular formula is C29H33BrClN3O4S. The summed E-state index contributed by atoms with van der Waals surface area (Å²) in [6.07, 6.45) is 0. The van der Waals surface area contributed by atoms with E-state index in [4.69, 9.17) is 11.6 Å². The molecular weight excluding hydrogens is 602 g/mol. The molecule has 39 heavy (non-hydrogen) atoms. The lowest BCUT2D eigenvalue weighted by atomic mass is 10.1. The van der Waals surface area contributed by atoms with Gasteiger partial charge in [0.05, 0.1) is 10.6 Å². The summed E-state index contributed by atoms with van der Waals surface area (Å²) in [5.74, 6) is -0.582. The van der Waals surface area contributed by atoms with Crippen molar-refractivity contribution >= 4 is 55.1 Å². The van der Waals surface area contributed by atoms with Crippen molar-refractivity contribution in [2.24, 2.45) is 5.92 Å². The quantitative estimate of drug-likeness (QED) is 0.289. The molecule has 0 fully saturated rings. The molecule has 1 unspecified atom stereocenters. The van der Waals surface area contributed by atoms with Crippen molar-refractivity contribution in [1.29, 1.82) is 0 Å². The summed E-state index contributed by atoms with van der Waals surface area (Å²) >= 11 is 9.41. The molecule has 0 aliphatic rings. The first-order chi connectivity index (χ1) is 18.4. The number of halogens is 2. The molecule has 0 radical (unpaired) electrons. The van der Waals surface area contributed by atoms with Crippen LogP contribution in [-0.4, -0.2) is 44.3 Å². The number of nitrogens with zero attached hydrogens (tertiary/aromatic N) is 2. The van der Waals surface area contributed by atoms with Gasteiger partial charge in [0, 0.05) is 22.6 Å². The molecule has 0 bridgehead atoms. The fourth-order valence-electron chi connectivity index (χ4n) is 3.91. The standard InChI is InChI=1S/C29H33BrClN3O4S/c1-20(2)17-32-29(36)22(4)33(18-23-9-11-24(30)12-10-23)28(35)19-34(27-8-6-5-7-21(27)3)39(37,38)26-15-13-25(31)14-16-26/h5-16,20,22H,17-19H2,1-4H3,(H,32,36). The van der Waals surface area contributed by atoms with Crippen LogP contribution in [0.2, 0.25) is 5.02 Å². The molecule has 1 atom stereocenters. The molecule has 208 valence electrons. The first-order valence-electron chi connectivity index (χ1n) is 12.6. The van der Waals surface area contributed by atoms with Crippen LogP contribution in [0.4, 0.5) is 5.69 Å². The third-order valence-electron chi connectivity index (χ3n) is 6.18. The van der Waals surface area contributed by atoms with Crippen molar-refractivity contribution < 1.29 is 18.0 Å². The second kappa shape index (κ2) is 13.5. The number of hydrogen-bond acceptors (Lipinski definition) is 4. The zero-order valence-electron chi connectivity index (χ0n) is 22.4. The number of benzene rings is 3. The molecule has 7 nitrogen and oxygen atoms in total. The maximum atomic E-state index is 13.9. The van der Waals surface area contributed by atoms with Crippen molar-refractivity contribution in [3.8, 4) is 0 Å². The van der Waals surface area contributed by atoms with Gasteiger partial charge in [-0.2, -0.15) is 0 Å². The monoisotopic (exact) mass is 633 g/mol. The summed E-state index contributed by atoms with van der Waals surface area (Å²) in [7, 11) is -4.15. The number of anilines is 1. The van der Waals surface area contributed by atoms with E-state index in [1.54, 1.807) is 38.1 Å². The molecule has 1 N–H and O–H groups in total. The molecule has 10 heteroatoms. The Kier molecular flexibility index (Phi) is 10.6. The smallest absolute Gasteiger partial charge is 0.264 e. The van der Waals surface area contributed by atoms with Crippen LogP contribution in [0.5, 0.6) is 0 Å². The Hall–Kier alpha value is -2.88. The summed E-state index contributed by atoms with van der Waals surface area (Å²) in [5.41, 5.74) is 1.87. The van der Waals surface area contributed by atoms with Crippen LogP contribution in [0, 0.1) is 12.8 Å². The lowest BCUT2D eigenvalue weighted by molar-refractivity contribution is -0.139. The van der Waals surface area contributed by atoms with Gasteiger partial charge in [-0.25, -0.2) is 8.42 Å². The van der Waals surface area contributed by atoms with Gasteiger partial charge in [-0.1, -0.05) is 71.7 Å². The number of amides is 2.